The normalized spacial score (nSPS) is 20.7. The predicted molar refractivity (Wildman–Crippen MR) is 102 cm³/mol. The quantitative estimate of drug-likeness (QED) is 0.811. The van der Waals surface area contributed by atoms with Crippen LogP contribution in [0, 0.1) is 5.92 Å². The van der Waals surface area contributed by atoms with Gasteiger partial charge >= 0.3 is 0 Å². The summed E-state index contributed by atoms with van der Waals surface area (Å²) in [6.45, 7) is 3.40. The summed E-state index contributed by atoms with van der Waals surface area (Å²) >= 11 is 0. The third-order valence-corrected chi connectivity index (χ3v) is 7.70. The van der Waals surface area contributed by atoms with Crippen molar-refractivity contribution in [2.75, 3.05) is 13.1 Å². The fourth-order valence-electron chi connectivity index (χ4n) is 4.08. The molecule has 0 amide bonds. The molecular weight excluding hydrogens is 346 g/mol. The number of hydrogen-bond donors (Lipinski definition) is 0. The lowest BCUT2D eigenvalue weighted by molar-refractivity contribution is 0.288. The van der Waals surface area contributed by atoms with Crippen molar-refractivity contribution >= 4 is 10.0 Å². The maximum atomic E-state index is 13.4. The average molecular weight is 374 g/mol. The van der Waals surface area contributed by atoms with E-state index in [1.165, 1.54) is 12.8 Å². The van der Waals surface area contributed by atoms with Crippen molar-refractivity contribution in [2.24, 2.45) is 5.92 Å². The van der Waals surface area contributed by atoms with E-state index < -0.39 is 10.0 Å². The Morgan fingerprint density at radius 1 is 1.00 bits per heavy atom. The van der Waals surface area contributed by atoms with Crippen LogP contribution in [0.25, 0.3) is 11.3 Å². The molecule has 0 bridgehead atoms. The Morgan fingerprint density at radius 3 is 2.31 bits per heavy atom. The Morgan fingerprint density at radius 2 is 1.65 bits per heavy atom. The molecule has 140 valence electrons. The van der Waals surface area contributed by atoms with E-state index in [4.69, 9.17) is 5.10 Å². The van der Waals surface area contributed by atoms with Crippen LogP contribution in [-0.2, 0) is 10.0 Å². The highest BCUT2D eigenvalue weighted by molar-refractivity contribution is 7.89. The minimum absolute atomic E-state index is 0.322. The number of benzene rings is 1. The standard InChI is InChI=1S/C20H27N3O2S/c1-16-11-13-22(14-12-16)26(24,25)19-15-23(18-9-5-6-10-18)21-20(19)17-7-3-2-4-8-17/h2-4,7-8,15-16,18H,5-6,9-14H2,1H3. The van der Waals surface area contributed by atoms with Crippen LogP contribution in [0.1, 0.15) is 51.5 Å². The number of piperidine rings is 1. The van der Waals surface area contributed by atoms with E-state index in [2.05, 4.69) is 6.92 Å². The first-order valence-electron chi connectivity index (χ1n) is 9.70. The molecule has 26 heavy (non-hydrogen) atoms. The van der Waals surface area contributed by atoms with Gasteiger partial charge in [0.05, 0.1) is 6.04 Å². The molecule has 2 aliphatic rings. The van der Waals surface area contributed by atoms with Crippen molar-refractivity contribution in [1.29, 1.82) is 0 Å². The molecule has 1 aromatic heterocycles. The lowest BCUT2D eigenvalue weighted by Gasteiger charge is -2.29. The van der Waals surface area contributed by atoms with Crippen molar-refractivity contribution in [3.05, 3.63) is 36.5 Å². The van der Waals surface area contributed by atoms with Gasteiger partial charge in [0.25, 0.3) is 0 Å². The second kappa shape index (κ2) is 7.16. The molecule has 1 aromatic carbocycles. The molecule has 2 fully saturated rings. The van der Waals surface area contributed by atoms with Crippen LogP contribution in [0.3, 0.4) is 0 Å². The zero-order chi connectivity index (χ0) is 18.1. The first-order valence-corrected chi connectivity index (χ1v) is 11.1. The van der Waals surface area contributed by atoms with E-state index in [0.29, 0.717) is 35.6 Å². The fraction of sp³-hybridized carbons (Fsp3) is 0.550. The molecule has 5 nitrogen and oxygen atoms in total. The molecular formula is C20H27N3O2S. The maximum Gasteiger partial charge on any atom is 0.246 e. The van der Waals surface area contributed by atoms with Gasteiger partial charge in [-0.1, -0.05) is 50.1 Å². The molecule has 1 saturated heterocycles. The highest BCUT2D eigenvalue weighted by Crippen LogP contribution is 2.35. The number of nitrogens with zero attached hydrogens (tertiary/aromatic N) is 3. The van der Waals surface area contributed by atoms with E-state index >= 15 is 0 Å². The zero-order valence-electron chi connectivity index (χ0n) is 15.3. The molecule has 4 rings (SSSR count). The molecule has 0 unspecified atom stereocenters. The summed E-state index contributed by atoms with van der Waals surface area (Å²) in [4.78, 5) is 0.366. The van der Waals surface area contributed by atoms with Crippen LogP contribution < -0.4 is 0 Å². The molecule has 6 heteroatoms. The van der Waals surface area contributed by atoms with Gasteiger partial charge in [-0.2, -0.15) is 9.40 Å². The molecule has 0 radical (unpaired) electrons. The van der Waals surface area contributed by atoms with Gasteiger partial charge in [0.15, 0.2) is 0 Å². The number of hydrogen-bond acceptors (Lipinski definition) is 3. The van der Waals surface area contributed by atoms with E-state index in [1.807, 2.05) is 35.0 Å². The Bertz CT molecular complexity index is 846. The van der Waals surface area contributed by atoms with Gasteiger partial charge in [0, 0.05) is 24.8 Å². The highest BCUT2D eigenvalue weighted by atomic mass is 32.2. The molecule has 2 aromatic rings. The van der Waals surface area contributed by atoms with E-state index in [-0.39, 0.29) is 0 Å². The Balaban J connectivity index is 1.76. The minimum Gasteiger partial charge on any atom is -0.268 e. The molecule has 0 N–H and O–H groups in total. The van der Waals surface area contributed by atoms with Gasteiger partial charge in [0.2, 0.25) is 10.0 Å². The summed E-state index contributed by atoms with van der Waals surface area (Å²) in [6, 6.07) is 10.0. The van der Waals surface area contributed by atoms with E-state index in [9.17, 15) is 8.42 Å². The molecule has 2 heterocycles. The van der Waals surface area contributed by atoms with Crippen LogP contribution in [0.15, 0.2) is 41.4 Å². The van der Waals surface area contributed by atoms with Crippen molar-refractivity contribution in [1.82, 2.24) is 14.1 Å². The predicted octanol–water partition coefficient (Wildman–Crippen LogP) is 4.09. The molecule has 0 atom stereocenters. The van der Waals surface area contributed by atoms with Crippen molar-refractivity contribution in [3.8, 4) is 11.3 Å². The Kier molecular flexibility index (Phi) is 4.88. The average Bonchev–Trinajstić information content (AvgIpc) is 3.33. The van der Waals surface area contributed by atoms with Crippen LogP contribution >= 0.6 is 0 Å². The van der Waals surface area contributed by atoms with Gasteiger partial charge < -0.3 is 0 Å². The summed E-state index contributed by atoms with van der Waals surface area (Å²) in [6.07, 6.45) is 8.18. The molecule has 1 saturated carbocycles. The molecule has 1 aliphatic heterocycles. The first kappa shape index (κ1) is 17.7. The largest absolute Gasteiger partial charge is 0.268 e. The van der Waals surface area contributed by atoms with E-state index in [1.54, 1.807) is 10.5 Å². The number of rotatable bonds is 4. The van der Waals surface area contributed by atoms with Crippen molar-refractivity contribution in [2.45, 2.75) is 56.4 Å². The minimum atomic E-state index is -3.52. The second-order valence-electron chi connectivity index (χ2n) is 7.71. The van der Waals surface area contributed by atoms with Gasteiger partial charge in [-0.15, -0.1) is 0 Å². The summed E-state index contributed by atoms with van der Waals surface area (Å²) in [5, 5.41) is 4.75. The number of sulfonamides is 1. The first-order chi connectivity index (χ1) is 12.6. The topological polar surface area (TPSA) is 55.2 Å². The Hall–Kier alpha value is -1.66. The SMILES string of the molecule is CC1CCN(S(=O)(=O)c2cn(C3CCCC3)nc2-c2ccccc2)CC1. The summed E-state index contributed by atoms with van der Waals surface area (Å²) in [5.41, 5.74) is 1.46. The Labute approximate surface area is 156 Å². The summed E-state index contributed by atoms with van der Waals surface area (Å²) < 4.78 is 30.3. The second-order valence-corrected chi connectivity index (χ2v) is 9.62. The highest BCUT2D eigenvalue weighted by Gasteiger charge is 2.33. The monoisotopic (exact) mass is 373 g/mol. The fourth-order valence-corrected chi connectivity index (χ4v) is 5.69. The van der Waals surface area contributed by atoms with Crippen LogP contribution in [0.4, 0.5) is 0 Å². The third kappa shape index (κ3) is 3.32. The van der Waals surface area contributed by atoms with Crippen molar-refractivity contribution < 1.29 is 8.42 Å². The number of aromatic nitrogens is 2. The molecule has 0 spiro atoms. The van der Waals surface area contributed by atoms with Gasteiger partial charge in [0.1, 0.15) is 10.6 Å². The van der Waals surface area contributed by atoms with E-state index in [0.717, 1.165) is 31.2 Å². The van der Waals surface area contributed by atoms with Crippen LogP contribution in [-0.4, -0.2) is 35.6 Å². The van der Waals surface area contributed by atoms with Gasteiger partial charge in [-0.05, 0) is 31.6 Å². The zero-order valence-corrected chi connectivity index (χ0v) is 16.2. The van der Waals surface area contributed by atoms with Crippen LogP contribution in [0.5, 0.6) is 0 Å². The van der Waals surface area contributed by atoms with Crippen LogP contribution in [0.2, 0.25) is 0 Å². The third-order valence-electron chi connectivity index (χ3n) is 5.80. The van der Waals surface area contributed by atoms with Crippen molar-refractivity contribution in [3.63, 3.8) is 0 Å². The summed E-state index contributed by atoms with van der Waals surface area (Å²) in [7, 11) is -3.52. The lowest BCUT2D eigenvalue weighted by atomic mass is 10.0. The maximum absolute atomic E-state index is 13.4. The lowest BCUT2D eigenvalue weighted by Crippen LogP contribution is -2.37. The van der Waals surface area contributed by atoms with Gasteiger partial charge in [-0.25, -0.2) is 8.42 Å². The summed E-state index contributed by atoms with van der Waals surface area (Å²) in [5.74, 6) is 0.594. The molecule has 1 aliphatic carbocycles. The smallest absolute Gasteiger partial charge is 0.246 e. The van der Waals surface area contributed by atoms with Gasteiger partial charge in [-0.3, -0.25) is 4.68 Å².